The number of nitrogens with one attached hydrogen (secondary N) is 2. The first-order valence-corrected chi connectivity index (χ1v) is 8.50. The number of aliphatic hydroxyl groups excluding tert-OH is 1. The van der Waals surface area contributed by atoms with Gasteiger partial charge in [-0.3, -0.25) is 9.69 Å². The first kappa shape index (κ1) is 18.2. The Morgan fingerprint density at radius 1 is 1.26 bits per heavy atom. The van der Waals surface area contributed by atoms with E-state index in [-0.39, 0.29) is 29.5 Å². The van der Waals surface area contributed by atoms with Crippen LogP contribution in [-0.4, -0.2) is 52.7 Å². The topological polar surface area (TPSA) is 81.7 Å². The first-order valence-electron chi connectivity index (χ1n) is 8.50. The summed E-state index contributed by atoms with van der Waals surface area (Å²) in [7, 11) is 0. The molecule has 0 aromatic rings. The molecule has 0 unspecified atom stereocenters. The van der Waals surface area contributed by atoms with Crippen LogP contribution in [-0.2, 0) is 4.79 Å². The maximum absolute atomic E-state index is 12.2. The van der Waals surface area contributed by atoms with Crippen LogP contribution in [0, 0.1) is 11.3 Å². The molecule has 6 heteroatoms. The molecule has 3 N–H and O–H groups in total. The molecule has 1 saturated carbocycles. The van der Waals surface area contributed by atoms with Crippen molar-refractivity contribution in [2.24, 2.45) is 11.3 Å². The van der Waals surface area contributed by atoms with Crippen LogP contribution in [0.25, 0.3) is 0 Å². The number of carbonyl (C=O) groups excluding carboxylic acids is 2. The van der Waals surface area contributed by atoms with Gasteiger partial charge in [0.05, 0.1) is 6.61 Å². The number of nitrogens with zero attached hydrogens (tertiary/aromatic N) is 1. The van der Waals surface area contributed by atoms with E-state index >= 15 is 0 Å². The zero-order chi connectivity index (χ0) is 17.5. The van der Waals surface area contributed by atoms with Gasteiger partial charge in [-0.05, 0) is 44.4 Å². The van der Waals surface area contributed by atoms with Crippen LogP contribution in [0.5, 0.6) is 0 Å². The molecule has 1 saturated heterocycles. The molecule has 0 aromatic heterocycles. The average molecular weight is 325 g/mol. The van der Waals surface area contributed by atoms with E-state index in [4.69, 9.17) is 0 Å². The SMILES string of the molecule is C[C@H]1CC(C)(C)C[C@](CO)(NCCN2C(=O)NC(C)(C)C2=O)C1. The van der Waals surface area contributed by atoms with Gasteiger partial charge >= 0.3 is 6.03 Å². The van der Waals surface area contributed by atoms with Crippen LogP contribution in [0.2, 0.25) is 0 Å². The Bertz CT molecular complexity index is 489. The lowest BCUT2D eigenvalue weighted by Crippen LogP contribution is -2.56. The highest BCUT2D eigenvalue weighted by atomic mass is 16.3. The predicted molar refractivity (Wildman–Crippen MR) is 88.9 cm³/mol. The van der Waals surface area contributed by atoms with Gasteiger partial charge in [-0.1, -0.05) is 20.8 Å². The van der Waals surface area contributed by atoms with Crippen LogP contribution < -0.4 is 10.6 Å². The Morgan fingerprint density at radius 3 is 2.39 bits per heavy atom. The molecule has 1 aliphatic carbocycles. The Hall–Kier alpha value is -1.14. The summed E-state index contributed by atoms with van der Waals surface area (Å²) in [5.41, 5.74) is -0.973. The van der Waals surface area contributed by atoms with Gasteiger partial charge in [0, 0.05) is 18.6 Å². The van der Waals surface area contributed by atoms with Gasteiger partial charge in [0.15, 0.2) is 0 Å². The normalized spacial score (nSPS) is 33.0. The lowest BCUT2D eigenvalue weighted by atomic mass is 9.64. The Labute approximate surface area is 139 Å². The van der Waals surface area contributed by atoms with E-state index in [1.165, 1.54) is 4.90 Å². The molecule has 2 atom stereocenters. The molecule has 2 fully saturated rings. The highest BCUT2D eigenvalue weighted by Crippen LogP contribution is 2.43. The molecule has 0 spiro atoms. The molecule has 132 valence electrons. The number of rotatable bonds is 5. The van der Waals surface area contributed by atoms with Gasteiger partial charge < -0.3 is 15.7 Å². The third kappa shape index (κ3) is 3.86. The van der Waals surface area contributed by atoms with Crippen molar-refractivity contribution in [1.29, 1.82) is 0 Å². The van der Waals surface area contributed by atoms with Crippen molar-refractivity contribution in [3.8, 4) is 0 Å². The molecule has 0 aromatic carbocycles. The van der Waals surface area contributed by atoms with Crippen LogP contribution in [0.1, 0.15) is 53.9 Å². The summed E-state index contributed by atoms with van der Waals surface area (Å²) in [6, 6.07) is -0.336. The summed E-state index contributed by atoms with van der Waals surface area (Å²) in [5.74, 6) is 0.341. The number of urea groups is 1. The molecule has 6 nitrogen and oxygen atoms in total. The second-order valence-corrected chi connectivity index (χ2v) is 8.73. The molecule has 0 bridgehead atoms. The largest absolute Gasteiger partial charge is 0.394 e. The van der Waals surface area contributed by atoms with Gasteiger partial charge in [-0.15, -0.1) is 0 Å². The number of imide groups is 1. The minimum atomic E-state index is -0.826. The zero-order valence-electron chi connectivity index (χ0n) is 15.0. The number of amides is 3. The molecule has 0 radical (unpaired) electrons. The molecule has 1 aliphatic heterocycles. The summed E-state index contributed by atoms with van der Waals surface area (Å²) in [6.07, 6.45) is 2.96. The number of hydrogen-bond donors (Lipinski definition) is 3. The molecule has 3 amide bonds. The standard InChI is InChI=1S/C17H31N3O3/c1-12-8-15(2,3)10-17(9-12,11-21)18-6-7-20-13(22)16(4,5)19-14(20)23/h12,18,21H,6-11H2,1-5H3,(H,19,23)/t12-,17+/m0/s1. The fourth-order valence-corrected chi connectivity index (χ4v) is 4.51. The van der Waals surface area contributed by atoms with Gasteiger partial charge in [-0.2, -0.15) is 0 Å². The minimum absolute atomic E-state index is 0.0758. The molecule has 2 rings (SSSR count). The summed E-state index contributed by atoms with van der Waals surface area (Å²) in [5, 5.41) is 16.1. The maximum atomic E-state index is 12.2. The number of carbonyl (C=O) groups is 2. The van der Waals surface area contributed by atoms with Crippen LogP contribution in [0.4, 0.5) is 4.79 Å². The Kier molecular flexibility index (Phi) is 4.79. The quantitative estimate of drug-likeness (QED) is 0.669. The zero-order valence-corrected chi connectivity index (χ0v) is 15.0. The highest BCUT2D eigenvalue weighted by Gasteiger charge is 2.45. The second kappa shape index (κ2) is 6.06. The summed E-state index contributed by atoms with van der Waals surface area (Å²) < 4.78 is 0. The van der Waals surface area contributed by atoms with Crippen LogP contribution >= 0.6 is 0 Å². The van der Waals surface area contributed by atoms with Crippen molar-refractivity contribution >= 4 is 11.9 Å². The van der Waals surface area contributed by atoms with E-state index in [0.717, 1.165) is 19.3 Å². The molecule has 23 heavy (non-hydrogen) atoms. The van der Waals surface area contributed by atoms with Crippen molar-refractivity contribution in [3.05, 3.63) is 0 Å². The first-order chi connectivity index (χ1) is 10.5. The van der Waals surface area contributed by atoms with E-state index in [1.807, 2.05) is 0 Å². The Balaban J connectivity index is 1.96. The second-order valence-electron chi connectivity index (χ2n) is 8.73. The highest BCUT2D eigenvalue weighted by molar-refractivity contribution is 6.06. The van der Waals surface area contributed by atoms with Crippen molar-refractivity contribution in [2.45, 2.75) is 65.0 Å². The molecular formula is C17H31N3O3. The predicted octanol–water partition coefficient (Wildman–Crippen LogP) is 1.48. The van der Waals surface area contributed by atoms with Gasteiger partial charge in [0.1, 0.15) is 5.54 Å². The third-order valence-corrected chi connectivity index (χ3v) is 5.04. The van der Waals surface area contributed by atoms with E-state index in [2.05, 4.69) is 31.4 Å². The summed E-state index contributed by atoms with van der Waals surface area (Å²) in [4.78, 5) is 25.4. The maximum Gasteiger partial charge on any atom is 0.325 e. The van der Waals surface area contributed by atoms with Gasteiger partial charge in [0.2, 0.25) is 0 Å². The number of aliphatic hydroxyl groups is 1. The minimum Gasteiger partial charge on any atom is -0.394 e. The summed E-state index contributed by atoms with van der Waals surface area (Å²) >= 11 is 0. The fraction of sp³-hybridized carbons (Fsp3) is 0.882. The lowest BCUT2D eigenvalue weighted by Gasteiger charge is -2.47. The molecule has 1 heterocycles. The van der Waals surface area contributed by atoms with Gasteiger partial charge in [0.25, 0.3) is 5.91 Å². The smallest absolute Gasteiger partial charge is 0.325 e. The van der Waals surface area contributed by atoms with Crippen LogP contribution in [0.3, 0.4) is 0 Å². The van der Waals surface area contributed by atoms with Crippen molar-refractivity contribution in [1.82, 2.24) is 15.5 Å². The fourth-order valence-electron chi connectivity index (χ4n) is 4.51. The molecule has 2 aliphatic rings. The van der Waals surface area contributed by atoms with Crippen molar-refractivity contribution < 1.29 is 14.7 Å². The average Bonchev–Trinajstić information content (AvgIpc) is 2.58. The molecular weight excluding hydrogens is 294 g/mol. The van der Waals surface area contributed by atoms with Crippen LogP contribution in [0.15, 0.2) is 0 Å². The van der Waals surface area contributed by atoms with Crippen molar-refractivity contribution in [3.63, 3.8) is 0 Å². The van der Waals surface area contributed by atoms with Gasteiger partial charge in [-0.25, -0.2) is 4.79 Å². The van der Waals surface area contributed by atoms with E-state index in [9.17, 15) is 14.7 Å². The summed E-state index contributed by atoms with van der Waals surface area (Å²) in [6.45, 7) is 11.0. The number of hydrogen-bond acceptors (Lipinski definition) is 4. The third-order valence-electron chi connectivity index (χ3n) is 5.04. The van der Waals surface area contributed by atoms with Crippen molar-refractivity contribution in [2.75, 3.05) is 19.7 Å². The monoisotopic (exact) mass is 325 g/mol. The van der Waals surface area contributed by atoms with E-state index in [0.29, 0.717) is 19.0 Å². The lowest BCUT2D eigenvalue weighted by molar-refractivity contribution is -0.130. The Morgan fingerprint density at radius 2 is 1.91 bits per heavy atom. The van der Waals surface area contributed by atoms with E-state index in [1.54, 1.807) is 13.8 Å². The van der Waals surface area contributed by atoms with E-state index < -0.39 is 5.54 Å².